The highest BCUT2D eigenvalue weighted by atomic mass is 32.2. The first-order valence-electron chi connectivity index (χ1n) is 6.47. The van der Waals surface area contributed by atoms with Crippen LogP contribution in [0.25, 0.3) is 0 Å². The lowest BCUT2D eigenvalue weighted by molar-refractivity contribution is 0.391. The third kappa shape index (κ3) is 4.05. The predicted octanol–water partition coefficient (Wildman–Crippen LogP) is 2.66. The normalized spacial score (nSPS) is 13.2. The van der Waals surface area contributed by atoms with Gasteiger partial charge in [0.25, 0.3) is 0 Å². The van der Waals surface area contributed by atoms with Gasteiger partial charge in [-0.1, -0.05) is 32.8 Å². The summed E-state index contributed by atoms with van der Waals surface area (Å²) in [4.78, 5) is 0.143. The lowest BCUT2D eigenvalue weighted by atomic mass is 9.96. The molecule has 1 aromatic carbocycles. The second kappa shape index (κ2) is 6.69. The van der Waals surface area contributed by atoms with Crippen molar-refractivity contribution in [1.82, 2.24) is 4.72 Å². The Hall–Kier alpha value is -1.38. The zero-order chi connectivity index (χ0) is 14.5. The number of nitriles is 1. The molecule has 1 atom stereocenters. The number of hydrogen-bond donors (Lipinski definition) is 1. The molecule has 0 spiro atoms. The molecule has 1 unspecified atom stereocenters. The van der Waals surface area contributed by atoms with Crippen LogP contribution in [0.15, 0.2) is 29.2 Å². The number of sulfonamides is 1. The van der Waals surface area contributed by atoms with Crippen LogP contribution in [0.1, 0.15) is 39.2 Å². The van der Waals surface area contributed by atoms with Gasteiger partial charge in [0.1, 0.15) is 0 Å². The summed E-state index contributed by atoms with van der Waals surface area (Å²) in [6.45, 7) is 5.98. The molecule has 0 saturated carbocycles. The molecule has 1 rings (SSSR count). The molecule has 0 aliphatic carbocycles. The van der Waals surface area contributed by atoms with E-state index >= 15 is 0 Å². The Balaban J connectivity index is 2.95. The van der Waals surface area contributed by atoms with Crippen molar-refractivity contribution >= 4 is 10.0 Å². The molecule has 0 radical (unpaired) electrons. The predicted molar refractivity (Wildman–Crippen MR) is 75.0 cm³/mol. The molecule has 0 aliphatic rings. The van der Waals surface area contributed by atoms with E-state index in [0.29, 0.717) is 11.5 Å². The standard InChI is InChI=1S/C14H20N2O2S/c1-4-13(5-2)11(3)16-19(17,18)14-8-6-7-12(9-14)10-15/h6-9,11,13,16H,4-5H2,1-3H3. The average Bonchev–Trinajstić information content (AvgIpc) is 2.39. The number of rotatable bonds is 6. The van der Waals surface area contributed by atoms with Crippen LogP contribution in [-0.2, 0) is 10.0 Å². The lowest BCUT2D eigenvalue weighted by Gasteiger charge is -2.22. The van der Waals surface area contributed by atoms with Gasteiger partial charge in [0.15, 0.2) is 0 Å². The molecule has 1 N–H and O–H groups in total. The summed E-state index contributed by atoms with van der Waals surface area (Å²) in [6.07, 6.45) is 1.86. The average molecular weight is 280 g/mol. The van der Waals surface area contributed by atoms with Crippen molar-refractivity contribution in [2.45, 2.75) is 44.6 Å². The molecule has 0 aromatic heterocycles. The van der Waals surface area contributed by atoms with Crippen molar-refractivity contribution in [3.05, 3.63) is 29.8 Å². The Bertz CT molecular complexity index is 557. The highest BCUT2D eigenvalue weighted by Gasteiger charge is 2.21. The van der Waals surface area contributed by atoms with Crippen LogP contribution >= 0.6 is 0 Å². The van der Waals surface area contributed by atoms with E-state index in [0.717, 1.165) is 12.8 Å². The fourth-order valence-corrected chi connectivity index (χ4v) is 3.50. The third-order valence-corrected chi connectivity index (χ3v) is 4.93. The van der Waals surface area contributed by atoms with Crippen molar-refractivity contribution < 1.29 is 8.42 Å². The van der Waals surface area contributed by atoms with Gasteiger partial charge in [-0.3, -0.25) is 0 Å². The van der Waals surface area contributed by atoms with Gasteiger partial charge < -0.3 is 0 Å². The Morgan fingerprint density at radius 2 is 1.95 bits per heavy atom. The van der Waals surface area contributed by atoms with Gasteiger partial charge in [0, 0.05) is 6.04 Å². The maximum absolute atomic E-state index is 12.2. The van der Waals surface area contributed by atoms with Crippen LogP contribution in [-0.4, -0.2) is 14.5 Å². The maximum atomic E-state index is 12.2. The summed E-state index contributed by atoms with van der Waals surface area (Å²) in [5.74, 6) is 0.314. The van der Waals surface area contributed by atoms with E-state index < -0.39 is 10.0 Å². The second-order valence-electron chi connectivity index (χ2n) is 4.63. The monoisotopic (exact) mass is 280 g/mol. The molecular weight excluding hydrogens is 260 g/mol. The van der Waals surface area contributed by atoms with Crippen molar-refractivity contribution in [2.75, 3.05) is 0 Å². The minimum Gasteiger partial charge on any atom is -0.208 e. The molecule has 5 heteroatoms. The lowest BCUT2D eigenvalue weighted by Crippen LogP contribution is -2.37. The van der Waals surface area contributed by atoms with Crippen molar-refractivity contribution in [3.63, 3.8) is 0 Å². The Morgan fingerprint density at radius 1 is 1.32 bits per heavy atom. The quantitative estimate of drug-likeness (QED) is 0.871. The zero-order valence-electron chi connectivity index (χ0n) is 11.6. The summed E-state index contributed by atoms with van der Waals surface area (Å²) in [7, 11) is -3.56. The molecule has 4 nitrogen and oxygen atoms in total. The van der Waals surface area contributed by atoms with Crippen LogP contribution in [0.4, 0.5) is 0 Å². The number of nitrogens with zero attached hydrogens (tertiary/aromatic N) is 1. The van der Waals surface area contributed by atoms with Gasteiger partial charge in [-0.15, -0.1) is 0 Å². The van der Waals surface area contributed by atoms with Gasteiger partial charge >= 0.3 is 0 Å². The molecule has 0 aliphatic heterocycles. The molecule has 0 saturated heterocycles. The van der Waals surface area contributed by atoms with E-state index in [4.69, 9.17) is 5.26 Å². The fraction of sp³-hybridized carbons (Fsp3) is 0.500. The van der Waals surface area contributed by atoms with Crippen molar-refractivity contribution in [3.8, 4) is 6.07 Å². The van der Waals surface area contributed by atoms with Gasteiger partial charge in [-0.25, -0.2) is 13.1 Å². The highest BCUT2D eigenvalue weighted by molar-refractivity contribution is 7.89. The first kappa shape index (κ1) is 15.7. The van der Waals surface area contributed by atoms with Crippen molar-refractivity contribution in [2.24, 2.45) is 5.92 Å². The SMILES string of the molecule is CCC(CC)C(C)NS(=O)(=O)c1cccc(C#N)c1. The second-order valence-corrected chi connectivity index (χ2v) is 6.34. The number of hydrogen-bond acceptors (Lipinski definition) is 3. The van der Waals surface area contributed by atoms with E-state index in [9.17, 15) is 8.42 Å². The molecular formula is C14H20N2O2S. The van der Waals surface area contributed by atoms with Gasteiger partial charge in [0.05, 0.1) is 16.5 Å². The van der Waals surface area contributed by atoms with Crippen LogP contribution < -0.4 is 4.72 Å². The summed E-state index contributed by atoms with van der Waals surface area (Å²) in [5.41, 5.74) is 0.345. The Kier molecular flexibility index (Phi) is 5.52. The first-order valence-corrected chi connectivity index (χ1v) is 7.95. The van der Waals surface area contributed by atoms with E-state index in [-0.39, 0.29) is 10.9 Å². The molecule has 0 heterocycles. The van der Waals surface area contributed by atoms with E-state index in [1.165, 1.54) is 12.1 Å². The first-order chi connectivity index (χ1) is 8.94. The smallest absolute Gasteiger partial charge is 0.208 e. The fourth-order valence-electron chi connectivity index (χ4n) is 2.14. The largest absolute Gasteiger partial charge is 0.240 e. The summed E-state index contributed by atoms with van der Waals surface area (Å²) < 4.78 is 27.1. The van der Waals surface area contributed by atoms with Gasteiger partial charge in [-0.2, -0.15) is 5.26 Å². The Morgan fingerprint density at radius 3 is 2.47 bits per heavy atom. The molecule has 19 heavy (non-hydrogen) atoms. The third-order valence-electron chi connectivity index (χ3n) is 3.37. The summed E-state index contributed by atoms with van der Waals surface area (Å²) in [5, 5.41) is 8.81. The molecule has 104 valence electrons. The highest BCUT2D eigenvalue weighted by Crippen LogP contribution is 2.17. The number of nitrogens with one attached hydrogen (secondary N) is 1. The van der Waals surface area contributed by atoms with Crippen LogP contribution in [0.3, 0.4) is 0 Å². The van der Waals surface area contributed by atoms with E-state index in [1.807, 2.05) is 13.0 Å². The molecule has 0 bridgehead atoms. The van der Waals surface area contributed by atoms with Gasteiger partial charge in [0.2, 0.25) is 10.0 Å². The maximum Gasteiger partial charge on any atom is 0.240 e. The summed E-state index contributed by atoms with van der Waals surface area (Å²) in [6, 6.07) is 7.88. The van der Waals surface area contributed by atoms with Crippen molar-refractivity contribution in [1.29, 1.82) is 5.26 Å². The van der Waals surface area contributed by atoms with Gasteiger partial charge in [-0.05, 0) is 31.0 Å². The topological polar surface area (TPSA) is 70.0 Å². The minimum atomic E-state index is -3.56. The number of benzene rings is 1. The van der Waals surface area contributed by atoms with E-state index in [2.05, 4.69) is 18.6 Å². The minimum absolute atomic E-state index is 0.120. The molecule has 0 amide bonds. The summed E-state index contributed by atoms with van der Waals surface area (Å²) >= 11 is 0. The van der Waals surface area contributed by atoms with Crippen LogP contribution in [0, 0.1) is 17.2 Å². The molecule has 1 aromatic rings. The molecule has 0 fully saturated rings. The van der Waals surface area contributed by atoms with Crippen LogP contribution in [0.2, 0.25) is 0 Å². The zero-order valence-corrected chi connectivity index (χ0v) is 12.4. The Labute approximate surface area is 115 Å². The van der Waals surface area contributed by atoms with E-state index in [1.54, 1.807) is 12.1 Å². The van der Waals surface area contributed by atoms with Crippen LogP contribution in [0.5, 0.6) is 0 Å².